The highest BCUT2D eigenvalue weighted by Gasteiger charge is 2.13. The van der Waals surface area contributed by atoms with Gasteiger partial charge in [0.1, 0.15) is 6.54 Å². The topological polar surface area (TPSA) is 44.1 Å². The lowest BCUT2D eigenvalue weighted by atomic mass is 10.1. The molecule has 0 radical (unpaired) electrons. The molecule has 0 saturated carbocycles. The van der Waals surface area contributed by atoms with Gasteiger partial charge >= 0.3 is 0 Å². The summed E-state index contributed by atoms with van der Waals surface area (Å²) < 4.78 is 0. The van der Waals surface area contributed by atoms with Gasteiger partial charge in [-0.25, -0.2) is 0 Å². The van der Waals surface area contributed by atoms with Crippen LogP contribution in [-0.4, -0.2) is 23.9 Å². The normalized spacial score (nSPS) is 10.3. The summed E-state index contributed by atoms with van der Waals surface area (Å²) in [6.45, 7) is 8.76. The van der Waals surface area contributed by atoms with Crippen LogP contribution in [0.15, 0.2) is 12.7 Å². The van der Waals surface area contributed by atoms with Crippen molar-refractivity contribution >= 4 is 5.91 Å². The van der Waals surface area contributed by atoms with Crippen LogP contribution in [0.1, 0.15) is 65.2 Å². The Morgan fingerprint density at radius 2 is 1.80 bits per heavy atom. The van der Waals surface area contributed by atoms with E-state index in [-0.39, 0.29) is 12.5 Å². The van der Waals surface area contributed by atoms with E-state index in [0.29, 0.717) is 18.9 Å². The summed E-state index contributed by atoms with van der Waals surface area (Å²) in [4.78, 5) is 13.7. The van der Waals surface area contributed by atoms with Gasteiger partial charge in [-0.2, -0.15) is 5.26 Å². The maximum absolute atomic E-state index is 12.0. The highest BCUT2D eigenvalue weighted by molar-refractivity contribution is 5.76. The molecule has 114 valence electrons. The van der Waals surface area contributed by atoms with E-state index >= 15 is 0 Å². The van der Waals surface area contributed by atoms with Crippen molar-refractivity contribution in [2.45, 2.75) is 65.2 Å². The second-order valence-corrected chi connectivity index (χ2v) is 5.77. The summed E-state index contributed by atoms with van der Waals surface area (Å²) in [5.41, 5.74) is 0. The van der Waals surface area contributed by atoms with Crippen LogP contribution in [0.4, 0.5) is 0 Å². The van der Waals surface area contributed by atoms with Crippen LogP contribution >= 0.6 is 0 Å². The first-order valence-corrected chi connectivity index (χ1v) is 7.87. The van der Waals surface area contributed by atoms with E-state index in [1.807, 2.05) is 6.08 Å². The molecular weight excluding hydrogens is 248 g/mol. The van der Waals surface area contributed by atoms with Crippen LogP contribution in [-0.2, 0) is 4.79 Å². The fraction of sp³-hybridized carbons (Fsp3) is 0.765. The van der Waals surface area contributed by atoms with Crippen molar-refractivity contribution in [2.24, 2.45) is 5.92 Å². The Hall–Kier alpha value is -1.30. The molecule has 0 aromatic rings. The van der Waals surface area contributed by atoms with Crippen LogP contribution in [0, 0.1) is 17.2 Å². The van der Waals surface area contributed by atoms with Crippen molar-refractivity contribution in [2.75, 3.05) is 13.1 Å². The molecule has 0 aliphatic heterocycles. The van der Waals surface area contributed by atoms with Crippen molar-refractivity contribution in [1.29, 1.82) is 5.26 Å². The largest absolute Gasteiger partial charge is 0.329 e. The molecule has 0 atom stereocenters. The van der Waals surface area contributed by atoms with Crippen LogP contribution in [0.3, 0.4) is 0 Å². The zero-order valence-electron chi connectivity index (χ0n) is 13.2. The lowest BCUT2D eigenvalue weighted by Crippen LogP contribution is -2.34. The summed E-state index contributed by atoms with van der Waals surface area (Å²) in [5, 5.41) is 8.76. The number of nitriles is 1. The van der Waals surface area contributed by atoms with Gasteiger partial charge < -0.3 is 4.90 Å². The van der Waals surface area contributed by atoms with Gasteiger partial charge in [-0.05, 0) is 25.2 Å². The molecule has 0 aromatic carbocycles. The molecule has 0 unspecified atom stereocenters. The van der Waals surface area contributed by atoms with Crippen molar-refractivity contribution in [1.82, 2.24) is 4.90 Å². The van der Waals surface area contributed by atoms with Crippen molar-refractivity contribution in [3.63, 3.8) is 0 Å². The first kappa shape index (κ1) is 18.7. The summed E-state index contributed by atoms with van der Waals surface area (Å²) in [6.07, 6.45) is 10.7. The van der Waals surface area contributed by atoms with Gasteiger partial charge in [0.15, 0.2) is 0 Å². The number of unbranched alkanes of at least 4 members (excludes halogenated alkanes) is 6. The van der Waals surface area contributed by atoms with Crippen LogP contribution in [0.25, 0.3) is 0 Å². The van der Waals surface area contributed by atoms with E-state index in [0.717, 1.165) is 19.3 Å². The second-order valence-electron chi connectivity index (χ2n) is 5.77. The van der Waals surface area contributed by atoms with Gasteiger partial charge in [0, 0.05) is 13.0 Å². The van der Waals surface area contributed by atoms with Gasteiger partial charge in [-0.15, -0.1) is 6.58 Å². The zero-order valence-corrected chi connectivity index (χ0v) is 13.2. The molecule has 3 nitrogen and oxygen atoms in total. The standard InChI is InChI=1S/C17H30N2O/c1-4-5-6-7-8-9-10-11-12-17(20)19(14-13-18)15-16(2)3/h4,16H,1,5-12,14-15H2,2-3H3. The predicted octanol–water partition coefficient (Wildman–Crippen LogP) is 4.30. The molecule has 0 bridgehead atoms. The van der Waals surface area contributed by atoms with Crippen molar-refractivity contribution < 1.29 is 4.79 Å². The van der Waals surface area contributed by atoms with Gasteiger partial charge in [0.2, 0.25) is 5.91 Å². The molecule has 3 heteroatoms. The average molecular weight is 278 g/mol. The SMILES string of the molecule is C=CCCCCCCCCC(=O)N(CC#N)CC(C)C. The minimum Gasteiger partial charge on any atom is -0.329 e. The molecular formula is C17H30N2O. The predicted molar refractivity (Wildman–Crippen MR) is 84.2 cm³/mol. The molecule has 0 aromatic heterocycles. The fourth-order valence-electron chi connectivity index (χ4n) is 2.21. The molecule has 0 heterocycles. The number of carbonyl (C=O) groups excluding carboxylic acids is 1. The maximum atomic E-state index is 12.0. The van der Waals surface area contributed by atoms with E-state index in [4.69, 9.17) is 5.26 Å². The number of hydrogen-bond donors (Lipinski definition) is 0. The summed E-state index contributed by atoms with van der Waals surface area (Å²) in [6, 6.07) is 2.08. The molecule has 0 rings (SSSR count). The fourth-order valence-corrected chi connectivity index (χ4v) is 2.21. The van der Waals surface area contributed by atoms with Gasteiger partial charge in [-0.3, -0.25) is 4.79 Å². The highest BCUT2D eigenvalue weighted by atomic mass is 16.2. The molecule has 1 amide bonds. The lowest BCUT2D eigenvalue weighted by Gasteiger charge is -2.21. The van der Waals surface area contributed by atoms with Gasteiger partial charge in [-0.1, -0.05) is 45.6 Å². The summed E-state index contributed by atoms with van der Waals surface area (Å²) >= 11 is 0. The Balaban J connectivity index is 3.68. The van der Waals surface area contributed by atoms with Crippen molar-refractivity contribution in [3.8, 4) is 6.07 Å². The first-order chi connectivity index (χ1) is 9.61. The number of hydrogen-bond acceptors (Lipinski definition) is 2. The van der Waals surface area contributed by atoms with Gasteiger partial charge in [0.05, 0.1) is 6.07 Å². The molecule has 0 saturated heterocycles. The number of carbonyl (C=O) groups is 1. The first-order valence-electron chi connectivity index (χ1n) is 7.87. The summed E-state index contributed by atoms with van der Waals surface area (Å²) in [7, 11) is 0. The second kappa shape index (κ2) is 12.7. The number of rotatable bonds is 12. The Morgan fingerprint density at radius 1 is 1.20 bits per heavy atom. The van der Waals surface area contributed by atoms with Gasteiger partial charge in [0.25, 0.3) is 0 Å². The molecule has 0 N–H and O–H groups in total. The average Bonchev–Trinajstić information content (AvgIpc) is 2.40. The monoisotopic (exact) mass is 278 g/mol. The molecule has 20 heavy (non-hydrogen) atoms. The number of amides is 1. The highest BCUT2D eigenvalue weighted by Crippen LogP contribution is 2.10. The number of nitrogens with zero attached hydrogens (tertiary/aromatic N) is 2. The van der Waals surface area contributed by atoms with E-state index in [1.165, 1.54) is 25.7 Å². The Kier molecular flexibility index (Phi) is 11.9. The van der Waals surface area contributed by atoms with E-state index in [9.17, 15) is 4.79 Å². The Morgan fingerprint density at radius 3 is 2.35 bits per heavy atom. The Labute approximate surface area is 124 Å². The maximum Gasteiger partial charge on any atom is 0.223 e. The lowest BCUT2D eigenvalue weighted by molar-refractivity contribution is -0.131. The van der Waals surface area contributed by atoms with Crippen molar-refractivity contribution in [3.05, 3.63) is 12.7 Å². The summed E-state index contributed by atoms with van der Waals surface area (Å²) in [5.74, 6) is 0.545. The minimum atomic E-state index is 0.131. The van der Waals surface area contributed by atoms with Crippen LogP contribution < -0.4 is 0 Å². The third kappa shape index (κ3) is 10.6. The zero-order chi connectivity index (χ0) is 15.2. The Bertz CT molecular complexity index is 305. The minimum absolute atomic E-state index is 0.131. The van der Waals surface area contributed by atoms with E-state index in [1.54, 1.807) is 4.90 Å². The third-order valence-electron chi connectivity index (χ3n) is 3.25. The molecule has 0 spiro atoms. The van der Waals surface area contributed by atoms with E-state index < -0.39 is 0 Å². The van der Waals surface area contributed by atoms with E-state index in [2.05, 4.69) is 26.5 Å². The number of allylic oxidation sites excluding steroid dienone is 1. The quantitative estimate of drug-likeness (QED) is 0.303. The molecule has 0 aliphatic rings. The molecule has 0 aliphatic carbocycles. The molecule has 0 fully saturated rings. The smallest absolute Gasteiger partial charge is 0.223 e. The van der Waals surface area contributed by atoms with Crippen LogP contribution in [0.2, 0.25) is 0 Å². The third-order valence-corrected chi connectivity index (χ3v) is 3.25. The van der Waals surface area contributed by atoms with Crippen LogP contribution in [0.5, 0.6) is 0 Å².